The summed E-state index contributed by atoms with van der Waals surface area (Å²) in [6, 6.07) is 10.2. The summed E-state index contributed by atoms with van der Waals surface area (Å²) in [4.78, 5) is 6.91. The SMILES string of the molecule is COC1(C)CCCN(Cc2cc3ccccc3nc2Cl)C1. The van der Waals surface area contributed by atoms with Crippen molar-refractivity contribution in [3.05, 3.63) is 41.0 Å². The molecule has 1 saturated heterocycles. The fraction of sp³-hybridized carbons (Fsp3) is 0.471. The van der Waals surface area contributed by atoms with Crippen LogP contribution in [0.1, 0.15) is 25.3 Å². The topological polar surface area (TPSA) is 25.4 Å². The van der Waals surface area contributed by atoms with Gasteiger partial charge in [-0.1, -0.05) is 29.8 Å². The van der Waals surface area contributed by atoms with E-state index < -0.39 is 0 Å². The largest absolute Gasteiger partial charge is 0.377 e. The number of hydrogen-bond donors (Lipinski definition) is 0. The highest BCUT2D eigenvalue weighted by Crippen LogP contribution is 2.27. The molecular formula is C17H21ClN2O. The molecule has 0 bridgehead atoms. The number of fused-ring (bicyclic) bond motifs is 1. The number of pyridine rings is 1. The molecule has 0 radical (unpaired) electrons. The van der Waals surface area contributed by atoms with E-state index in [1.807, 2.05) is 18.2 Å². The monoisotopic (exact) mass is 304 g/mol. The zero-order chi connectivity index (χ0) is 14.9. The van der Waals surface area contributed by atoms with Gasteiger partial charge in [-0.15, -0.1) is 0 Å². The quantitative estimate of drug-likeness (QED) is 0.804. The van der Waals surface area contributed by atoms with E-state index in [1.54, 1.807) is 7.11 Å². The molecule has 3 nitrogen and oxygen atoms in total. The van der Waals surface area contributed by atoms with Crippen LogP contribution in [0.4, 0.5) is 0 Å². The molecule has 1 aromatic heterocycles. The highest BCUT2D eigenvalue weighted by Gasteiger charge is 2.30. The standard InChI is InChI=1S/C17H21ClN2O/c1-17(21-2)8-5-9-20(12-17)11-14-10-13-6-3-4-7-15(13)19-16(14)18/h3-4,6-7,10H,5,8-9,11-12H2,1-2H3. The van der Waals surface area contributed by atoms with Crippen LogP contribution in [0, 0.1) is 0 Å². The van der Waals surface area contributed by atoms with E-state index in [0.29, 0.717) is 5.15 Å². The first-order valence-electron chi connectivity index (χ1n) is 7.41. The molecule has 1 fully saturated rings. The minimum absolute atomic E-state index is 0.0466. The van der Waals surface area contributed by atoms with Gasteiger partial charge in [-0.05, 0) is 38.4 Å². The second kappa shape index (κ2) is 5.91. The second-order valence-corrected chi connectivity index (χ2v) is 6.46. The van der Waals surface area contributed by atoms with Crippen molar-refractivity contribution in [2.75, 3.05) is 20.2 Å². The Morgan fingerprint density at radius 2 is 2.19 bits per heavy atom. The van der Waals surface area contributed by atoms with Crippen LogP contribution in [0.3, 0.4) is 0 Å². The summed E-state index contributed by atoms with van der Waals surface area (Å²) in [5, 5.41) is 1.75. The number of nitrogens with zero attached hydrogens (tertiary/aromatic N) is 2. The number of hydrogen-bond acceptors (Lipinski definition) is 3. The lowest BCUT2D eigenvalue weighted by atomic mass is 9.94. The summed E-state index contributed by atoms with van der Waals surface area (Å²) >= 11 is 6.36. The Kier molecular flexibility index (Phi) is 4.16. The van der Waals surface area contributed by atoms with E-state index in [-0.39, 0.29) is 5.60 Å². The van der Waals surface area contributed by atoms with Crippen molar-refractivity contribution in [3.63, 3.8) is 0 Å². The molecule has 0 aliphatic carbocycles. The molecule has 1 unspecified atom stereocenters. The van der Waals surface area contributed by atoms with Crippen LogP contribution < -0.4 is 0 Å². The average Bonchev–Trinajstić information content (AvgIpc) is 2.48. The van der Waals surface area contributed by atoms with Gasteiger partial charge >= 0.3 is 0 Å². The molecule has 0 spiro atoms. The Labute approximate surface area is 130 Å². The summed E-state index contributed by atoms with van der Waals surface area (Å²) in [5.74, 6) is 0. The van der Waals surface area contributed by atoms with Gasteiger partial charge in [0, 0.05) is 31.1 Å². The van der Waals surface area contributed by atoms with Crippen molar-refractivity contribution in [2.24, 2.45) is 0 Å². The zero-order valence-corrected chi connectivity index (χ0v) is 13.4. The van der Waals surface area contributed by atoms with Crippen LogP contribution in [-0.2, 0) is 11.3 Å². The van der Waals surface area contributed by atoms with Crippen LogP contribution >= 0.6 is 11.6 Å². The number of rotatable bonds is 3. The van der Waals surface area contributed by atoms with Crippen molar-refractivity contribution in [1.29, 1.82) is 0 Å². The minimum Gasteiger partial charge on any atom is -0.377 e. The van der Waals surface area contributed by atoms with E-state index in [4.69, 9.17) is 16.3 Å². The number of benzene rings is 1. The highest BCUT2D eigenvalue weighted by atomic mass is 35.5. The number of methoxy groups -OCH3 is 1. The summed E-state index contributed by atoms with van der Waals surface area (Å²) in [6.07, 6.45) is 2.27. The predicted octanol–water partition coefficient (Wildman–Crippen LogP) is 3.89. The number of piperidine rings is 1. The van der Waals surface area contributed by atoms with Crippen LogP contribution in [0.2, 0.25) is 5.15 Å². The smallest absolute Gasteiger partial charge is 0.134 e. The molecule has 0 amide bonds. The molecule has 0 saturated carbocycles. The average molecular weight is 305 g/mol. The van der Waals surface area contributed by atoms with Gasteiger partial charge in [0.2, 0.25) is 0 Å². The van der Waals surface area contributed by atoms with Gasteiger partial charge in [0.1, 0.15) is 5.15 Å². The first-order chi connectivity index (χ1) is 10.1. The fourth-order valence-corrected chi connectivity index (χ4v) is 3.30. The zero-order valence-electron chi connectivity index (χ0n) is 12.6. The Morgan fingerprint density at radius 1 is 1.38 bits per heavy atom. The van der Waals surface area contributed by atoms with Crippen LogP contribution in [0.5, 0.6) is 0 Å². The first kappa shape index (κ1) is 14.8. The fourth-order valence-electron chi connectivity index (χ4n) is 3.10. The van der Waals surface area contributed by atoms with Gasteiger partial charge in [0.05, 0.1) is 11.1 Å². The van der Waals surface area contributed by atoms with Gasteiger partial charge in [0.25, 0.3) is 0 Å². The van der Waals surface area contributed by atoms with E-state index in [1.165, 1.54) is 0 Å². The number of para-hydroxylation sites is 1. The number of likely N-dealkylation sites (tertiary alicyclic amines) is 1. The number of ether oxygens (including phenoxy) is 1. The lowest BCUT2D eigenvalue weighted by molar-refractivity contribution is -0.0527. The van der Waals surface area contributed by atoms with E-state index in [9.17, 15) is 0 Å². The second-order valence-electron chi connectivity index (χ2n) is 6.10. The molecular weight excluding hydrogens is 284 g/mol. The molecule has 21 heavy (non-hydrogen) atoms. The van der Waals surface area contributed by atoms with Gasteiger partial charge in [0.15, 0.2) is 0 Å². The third kappa shape index (κ3) is 3.20. The van der Waals surface area contributed by atoms with Gasteiger partial charge in [-0.2, -0.15) is 0 Å². The van der Waals surface area contributed by atoms with Gasteiger partial charge < -0.3 is 4.74 Å². The summed E-state index contributed by atoms with van der Waals surface area (Å²) < 4.78 is 5.66. The number of halogens is 1. The Bertz CT molecular complexity index is 646. The van der Waals surface area contributed by atoms with E-state index in [0.717, 1.165) is 48.9 Å². The normalized spacial score (nSPS) is 23.6. The molecule has 1 atom stereocenters. The summed E-state index contributed by atoms with van der Waals surface area (Å²) in [5.41, 5.74) is 2.00. The molecule has 2 heterocycles. The van der Waals surface area contributed by atoms with Crippen molar-refractivity contribution < 1.29 is 4.74 Å². The molecule has 0 N–H and O–H groups in total. The van der Waals surface area contributed by atoms with Crippen LogP contribution in [0.25, 0.3) is 10.9 Å². The molecule has 1 aromatic carbocycles. The van der Waals surface area contributed by atoms with Gasteiger partial charge in [-0.25, -0.2) is 4.98 Å². The van der Waals surface area contributed by atoms with E-state index in [2.05, 4.69) is 28.9 Å². The maximum Gasteiger partial charge on any atom is 0.134 e. The molecule has 2 aromatic rings. The lowest BCUT2D eigenvalue weighted by Crippen LogP contribution is -2.46. The highest BCUT2D eigenvalue weighted by molar-refractivity contribution is 6.30. The van der Waals surface area contributed by atoms with Crippen molar-refractivity contribution in [1.82, 2.24) is 9.88 Å². The minimum atomic E-state index is -0.0466. The van der Waals surface area contributed by atoms with Crippen molar-refractivity contribution in [2.45, 2.75) is 31.9 Å². The van der Waals surface area contributed by atoms with Crippen LogP contribution in [-0.4, -0.2) is 35.7 Å². The summed E-state index contributed by atoms with van der Waals surface area (Å²) in [7, 11) is 1.80. The predicted molar refractivity (Wildman–Crippen MR) is 86.7 cm³/mol. The molecule has 112 valence electrons. The number of aromatic nitrogens is 1. The maximum absolute atomic E-state index is 6.36. The van der Waals surface area contributed by atoms with Crippen molar-refractivity contribution in [3.8, 4) is 0 Å². The third-order valence-corrected chi connectivity index (χ3v) is 4.70. The Hall–Kier alpha value is -1.16. The Morgan fingerprint density at radius 3 is 3.00 bits per heavy atom. The van der Waals surface area contributed by atoms with Crippen LogP contribution in [0.15, 0.2) is 30.3 Å². The molecule has 1 aliphatic rings. The molecule has 3 rings (SSSR count). The molecule has 1 aliphatic heterocycles. The third-order valence-electron chi connectivity index (χ3n) is 4.37. The van der Waals surface area contributed by atoms with E-state index >= 15 is 0 Å². The Balaban J connectivity index is 1.82. The molecule has 4 heteroatoms. The summed E-state index contributed by atoms with van der Waals surface area (Å²) in [6.45, 7) is 5.03. The van der Waals surface area contributed by atoms with Gasteiger partial charge in [-0.3, -0.25) is 4.90 Å². The first-order valence-corrected chi connectivity index (χ1v) is 7.79. The lowest BCUT2D eigenvalue weighted by Gasteiger charge is -2.39. The van der Waals surface area contributed by atoms with Crippen molar-refractivity contribution >= 4 is 22.5 Å². The maximum atomic E-state index is 6.36.